The molecule has 0 bridgehead atoms. The number of carboxylic acids is 1. The predicted octanol–water partition coefficient (Wildman–Crippen LogP) is 2.56. The van der Waals surface area contributed by atoms with E-state index in [1.165, 1.54) is 0 Å². The summed E-state index contributed by atoms with van der Waals surface area (Å²) in [6.07, 6.45) is 1.35. The quantitative estimate of drug-likeness (QED) is 0.538. The van der Waals surface area contributed by atoms with E-state index >= 15 is 4.39 Å². The average molecular weight is 469 g/mol. The zero-order chi connectivity index (χ0) is 23.3. The number of fused-ring (bicyclic) bond motifs is 1. The van der Waals surface area contributed by atoms with Crippen LogP contribution in [0.25, 0.3) is 16.7 Å². The molecule has 3 heterocycles. The minimum absolute atomic E-state index is 0.0955. The molecule has 0 radical (unpaired) electrons. The Hall–Kier alpha value is -3.31. The maximum Gasteiger partial charge on any atom is 0.341 e. The van der Waals surface area contributed by atoms with Crippen molar-refractivity contribution in [2.24, 2.45) is 5.92 Å². The first kappa shape index (κ1) is 21.9. The molecule has 3 aromatic rings. The molecule has 1 saturated heterocycles. The minimum atomic E-state index is -1.65. The van der Waals surface area contributed by atoms with E-state index in [-0.39, 0.29) is 35.3 Å². The number of rotatable bonds is 4. The highest BCUT2D eigenvalue weighted by molar-refractivity contribution is 6.38. The molecule has 4 rings (SSSR count). The Morgan fingerprint density at radius 2 is 1.97 bits per heavy atom. The molecule has 1 aromatic carbocycles. The number of aromatic carboxylic acids is 1. The lowest BCUT2D eigenvalue weighted by molar-refractivity contribution is 0.0695. The second-order valence-electron chi connectivity index (χ2n) is 7.41. The van der Waals surface area contributed by atoms with E-state index in [4.69, 9.17) is 17.3 Å². The van der Waals surface area contributed by atoms with Crippen LogP contribution in [0.1, 0.15) is 16.8 Å². The van der Waals surface area contributed by atoms with Crippen LogP contribution in [0.4, 0.5) is 24.7 Å². The van der Waals surface area contributed by atoms with E-state index in [0.717, 1.165) is 16.8 Å². The fourth-order valence-electron chi connectivity index (χ4n) is 3.84. The Labute approximate surface area is 183 Å². The summed E-state index contributed by atoms with van der Waals surface area (Å²) in [5.41, 5.74) is 3.30. The van der Waals surface area contributed by atoms with Gasteiger partial charge in [-0.05, 0) is 12.5 Å². The van der Waals surface area contributed by atoms with Gasteiger partial charge >= 0.3 is 5.97 Å². The topological polar surface area (TPSA) is 122 Å². The van der Waals surface area contributed by atoms with E-state index in [1.807, 2.05) is 0 Å². The highest BCUT2D eigenvalue weighted by Gasteiger charge is 2.29. The maximum atomic E-state index is 15.1. The smallest absolute Gasteiger partial charge is 0.341 e. The summed E-state index contributed by atoms with van der Waals surface area (Å²) >= 11 is 6.49. The largest absolute Gasteiger partial charge is 0.477 e. The Kier molecular flexibility index (Phi) is 5.47. The molecule has 1 atom stereocenters. The fraction of sp³-hybridized carbons (Fsp3) is 0.250. The lowest BCUT2D eigenvalue weighted by atomic mass is 10.1. The van der Waals surface area contributed by atoms with E-state index in [0.29, 0.717) is 19.0 Å². The number of carbonyl (C=O) groups is 1. The maximum absolute atomic E-state index is 15.1. The Balaban J connectivity index is 2.10. The SMILES string of the molecule is Nc1nc(-n2cc(C(=O)O)c(=O)c3cc(F)c(N4CCC(CO)C4)c(Cl)c32)c(F)cc1F. The van der Waals surface area contributed by atoms with Crippen molar-refractivity contribution in [1.29, 1.82) is 0 Å². The number of aliphatic hydroxyl groups is 1. The molecule has 168 valence electrons. The van der Waals surface area contributed by atoms with Gasteiger partial charge in [0.25, 0.3) is 0 Å². The van der Waals surface area contributed by atoms with Crippen molar-refractivity contribution in [3.8, 4) is 5.82 Å². The van der Waals surface area contributed by atoms with Gasteiger partial charge in [0.15, 0.2) is 23.3 Å². The number of nitrogen functional groups attached to an aromatic ring is 1. The molecule has 0 amide bonds. The monoisotopic (exact) mass is 468 g/mol. The molecule has 1 aliphatic rings. The summed E-state index contributed by atoms with van der Waals surface area (Å²) in [6, 6.07) is 1.27. The lowest BCUT2D eigenvalue weighted by Gasteiger charge is -2.23. The van der Waals surface area contributed by atoms with Crippen LogP contribution in [-0.2, 0) is 0 Å². The lowest BCUT2D eigenvalue weighted by Crippen LogP contribution is -2.24. The van der Waals surface area contributed by atoms with Gasteiger partial charge in [-0.3, -0.25) is 9.36 Å². The molecule has 0 spiro atoms. The number of nitrogens with two attached hydrogens (primary N) is 1. The van der Waals surface area contributed by atoms with Gasteiger partial charge in [0.05, 0.1) is 21.6 Å². The average Bonchev–Trinajstić information content (AvgIpc) is 3.20. The number of benzene rings is 1. The predicted molar refractivity (Wildman–Crippen MR) is 111 cm³/mol. The summed E-state index contributed by atoms with van der Waals surface area (Å²) in [6.45, 7) is 0.535. The van der Waals surface area contributed by atoms with Crippen molar-refractivity contribution in [1.82, 2.24) is 9.55 Å². The number of carboxylic acid groups (broad SMARTS) is 1. The molecule has 1 fully saturated rings. The standard InChI is InChI=1S/C20H16ClF3N4O4/c21-14-15-9(3-11(22)16(14)27-2-1-8(5-27)7-29)17(30)10(20(31)32)6-28(15)19-13(24)4-12(23)18(25)26-19/h3-4,6,8,29H,1-2,5,7H2,(H2,25,26)(H,31,32). The van der Waals surface area contributed by atoms with Gasteiger partial charge in [-0.2, -0.15) is 0 Å². The molecule has 12 heteroatoms. The molecular formula is C20H16ClF3N4O4. The minimum Gasteiger partial charge on any atom is -0.477 e. The molecular weight excluding hydrogens is 453 g/mol. The number of pyridine rings is 2. The molecule has 4 N–H and O–H groups in total. The number of aliphatic hydroxyl groups excluding tert-OH is 1. The number of anilines is 2. The third-order valence-electron chi connectivity index (χ3n) is 5.41. The summed E-state index contributed by atoms with van der Waals surface area (Å²) in [7, 11) is 0. The van der Waals surface area contributed by atoms with Crippen molar-refractivity contribution in [3.05, 3.63) is 56.6 Å². The molecule has 0 aliphatic carbocycles. The van der Waals surface area contributed by atoms with E-state index in [2.05, 4.69) is 4.98 Å². The van der Waals surface area contributed by atoms with Gasteiger partial charge in [-0.25, -0.2) is 22.9 Å². The van der Waals surface area contributed by atoms with Crippen LogP contribution in [0, 0.1) is 23.4 Å². The Morgan fingerprint density at radius 3 is 2.59 bits per heavy atom. The normalized spacial score (nSPS) is 16.2. The number of nitrogens with zero attached hydrogens (tertiary/aromatic N) is 3. The van der Waals surface area contributed by atoms with Gasteiger partial charge in [-0.15, -0.1) is 0 Å². The zero-order valence-corrected chi connectivity index (χ0v) is 17.0. The first-order valence-corrected chi connectivity index (χ1v) is 9.80. The second kappa shape index (κ2) is 7.99. The third kappa shape index (κ3) is 3.43. The van der Waals surface area contributed by atoms with Crippen LogP contribution in [0.15, 0.2) is 23.1 Å². The molecule has 2 aromatic heterocycles. The van der Waals surface area contributed by atoms with Gasteiger partial charge in [0.1, 0.15) is 11.4 Å². The fourth-order valence-corrected chi connectivity index (χ4v) is 4.24. The van der Waals surface area contributed by atoms with E-state index in [9.17, 15) is 28.6 Å². The highest BCUT2D eigenvalue weighted by atomic mass is 35.5. The van der Waals surface area contributed by atoms with Crippen molar-refractivity contribution in [2.45, 2.75) is 6.42 Å². The van der Waals surface area contributed by atoms with Crippen LogP contribution in [0.2, 0.25) is 5.02 Å². The summed E-state index contributed by atoms with van der Waals surface area (Å²) in [5.74, 6) is -6.29. The van der Waals surface area contributed by atoms with Crippen LogP contribution >= 0.6 is 11.6 Å². The van der Waals surface area contributed by atoms with E-state index < -0.39 is 51.4 Å². The first-order chi connectivity index (χ1) is 15.1. The number of hydrogen-bond donors (Lipinski definition) is 3. The van der Waals surface area contributed by atoms with Crippen molar-refractivity contribution in [3.63, 3.8) is 0 Å². The van der Waals surface area contributed by atoms with Gasteiger partial charge in [0, 0.05) is 37.9 Å². The van der Waals surface area contributed by atoms with Crippen LogP contribution in [0.5, 0.6) is 0 Å². The summed E-state index contributed by atoms with van der Waals surface area (Å²) in [5, 5.41) is 18.1. The van der Waals surface area contributed by atoms with Gasteiger partial charge in [0.2, 0.25) is 5.43 Å². The van der Waals surface area contributed by atoms with Gasteiger partial charge in [-0.1, -0.05) is 11.6 Å². The number of halogens is 4. The van der Waals surface area contributed by atoms with Crippen LogP contribution in [0.3, 0.4) is 0 Å². The van der Waals surface area contributed by atoms with Crippen LogP contribution in [-0.4, -0.2) is 45.4 Å². The molecule has 1 unspecified atom stereocenters. The van der Waals surface area contributed by atoms with E-state index in [1.54, 1.807) is 4.90 Å². The second-order valence-corrected chi connectivity index (χ2v) is 7.79. The molecule has 8 nitrogen and oxygen atoms in total. The van der Waals surface area contributed by atoms with Crippen molar-refractivity contribution >= 4 is 40.0 Å². The van der Waals surface area contributed by atoms with Gasteiger partial charge < -0.3 is 20.8 Å². The highest BCUT2D eigenvalue weighted by Crippen LogP contribution is 2.39. The van der Waals surface area contributed by atoms with Crippen LogP contribution < -0.4 is 16.1 Å². The molecule has 0 saturated carbocycles. The van der Waals surface area contributed by atoms with Crippen molar-refractivity contribution < 1.29 is 28.2 Å². The number of hydrogen-bond acceptors (Lipinski definition) is 6. The zero-order valence-electron chi connectivity index (χ0n) is 16.3. The third-order valence-corrected chi connectivity index (χ3v) is 5.77. The van der Waals surface area contributed by atoms with Crippen molar-refractivity contribution in [2.75, 3.05) is 30.3 Å². The first-order valence-electron chi connectivity index (χ1n) is 9.42. The molecule has 32 heavy (non-hydrogen) atoms. The Bertz CT molecular complexity index is 1330. The summed E-state index contributed by atoms with van der Waals surface area (Å²) in [4.78, 5) is 29.5. The summed E-state index contributed by atoms with van der Waals surface area (Å²) < 4.78 is 44.2. The Morgan fingerprint density at radius 1 is 1.25 bits per heavy atom. The number of aromatic nitrogens is 2. The molecule has 1 aliphatic heterocycles.